The van der Waals surface area contributed by atoms with Gasteiger partial charge in [-0.25, -0.2) is 4.79 Å². The average molecular weight is 460 g/mol. The maximum Gasteiger partial charge on any atom is 0.338 e. The van der Waals surface area contributed by atoms with Crippen molar-refractivity contribution in [2.75, 3.05) is 16.8 Å². The van der Waals surface area contributed by atoms with Crippen LogP contribution in [-0.4, -0.2) is 36.1 Å². The summed E-state index contributed by atoms with van der Waals surface area (Å²) in [6.07, 6.45) is 4.45. The van der Waals surface area contributed by atoms with Crippen LogP contribution in [0.4, 0.5) is 11.4 Å². The monoisotopic (exact) mass is 460 g/mol. The average Bonchev–Trinajstić information content (AvgIpc) is 3.08. The Labute approximate surface area is 196 Å². The van der Waals surface area contributed by atoms with Crippen molar-refractivity contribution in [3.63, 3.8) is 0 Å². The molecule has 1 aliphatic heterocycles. The lowest BCUT2D eigenvalue weighted by Gasteiger charge is -2.22. The second-order valence-electron chi connectivity index (χ2n) is 8.48. The van der Waals surface area contributed by atoms with Crippen LogP contribution in [0, 0.1) is 17.8 Å². The molecule has 8 heteroatoms. The molecule has 0 saturated carbocycles. The highest BCUT2D eigenvalue weighted by molar-refractivity contribution is 6.22. The van der Waals surface area contributed by atoms with Gasteiger partial charge in [-0.3, -0.25) is 24.1 Å². The van der Waals surface area contributed by atoms with Crippen LogP contribution in [0.5, 0.6) is 0 Å². The van der Waals surface area contributed by atoms with Crippen molar-refractivity contribution < 1.29 is 28.7 Å². The van der Waals surface area contributed by atoms with Gasteiger partial charge in [-0.15, -0.1) is 0 Å². The van der Waals surface area contributed by atoms with E-state index >= 15 is 0 Å². The van der Waals surface area contributed by atoms with E-state index in [1.807, 2.05) is 19.1 Å². The van der Waals surface area contributed by atoms with Crippen LogP contribution in [0.15, 0.2) is 60.7 Å². The Morgan fingerprint density at radius 2 is 1.76 bits per heavy atom. The van der Waals surface area contributed by atoms with Crippen LogP contribution in [0.25, 0.3) is 0 Å². The Morgan fingerprint density at radius 3 is 2.44 bits per heavy atom. The molecule has 4 rings (SSSR count). The van der Waals surface area contributed by atoms with Crippen molar-refractivity contribution in [3.05, 3.63) is 71.8 Å². The summed E-state index contributed by atoms with van der Waals surface area (Å²) in [4.78, 5) is 62.8. The van der Waals surface area contributed by atoms with Crippen molar-refractivity contribution in [1.29, 1.82) is 0 Å². The van der Waals surface area contributed by atoms with Gasteiger partial charge < -0.3 is 10.1 Å². The summed E-state index contributed by atoms with van der Waals surface area (Å²) in [6, 6.07) is 12.4. The van der Waals surface area contributed by atoms with E-state index in [4.69, 9.17) is 4.74 Å². The molecule has 0 bridgehead atoms. The Balaban J connectivity index is 1.36. The van der Waals surface area contributed by atoms with Crippen molar-refractivity contribution in [2.24, 2.45) is 17.8 Å². The summed E-state index contributed by atoms with van der Waals surface area (Å²) in [5.41, 5.74) is 1.45. The number of nitrogens with zero attached hydrogens (tertiary/aromatic N) is 1. The van der Waals surface area contributed by atoms with E-state index in [1.165, 1.54) is 42.2 Å². The van der Waals surface area contributed by atoms with Gasteiger partial charge in [-0.1, -0.05) is 31.2 Å². The lowest BCUT2D eigenvalue weighted by atomic mass is 9.78. The topological polar surface area (TPSA) is 110 Å². The molecule has 1 saturated heterocycles. The first-order chi connectivity index (χ1) is 16.3. The van der Waals surface area contributed by atoms with E-state index in [-0.39, 0.29) is 40.9 Å². The maximum absolute atomic E-state index is 12.9. The number of benzene rings is 2. The minimum absolute atomic E-state index is 0.00877. The van der Waals surface area contributed by atoms with Crippen molar-refractivity contribution in [2.45, 2.75) is 20.3 Å². The van der Waals surface area contributed by atoms with Crippen LogP contribution in [0.3, 0.4) is 0 Å². The number of hydrogen-bond acceptors (Lipinski definition) is 6. The summed E-state index contributed by atoms with van der Waals surface area (Å²) in [6.45, 7) is 2.84. The molecule has 174 valence electrons. The highest BCUT2D eigenvalue weighted by Crippen LogP contribution is 2.40. The molecule has 0 unspecified atom stereocenters. The molecule has 0 aromatic heterocycles. The van der Waals surface area contributed by atoms with E-state index in [0.717, 1.165) is 0 Å². The van der Waals surface area contributed by atoms with Crippen molar-refractivity contribution in [3.8, 4) is 0 Å². The molecule has 0 spiro atoms. The molecule has 1 N–H and O–H groups in total. The lowest BCUT2D eigenvalue weighted by molar-refractivity contribution is -0.123. The fourth-order valence-electron chi connectivity index (χ4n) is 4.38. The largest absolute Gasteiger partial charge is 0.452 e. The van der Waals surface area contributed by atoms with Crippen molar-refractivity contribution >= 4 is 40.8 Å². The number of ketones is 1. The van der Waals surface area contributed by atoms with Gasteiger partial charge in [0, 0.05) is 11.3 Å². The van der Waals surface area contributed by atoms with Crippen LogP contribution in [0.1, 0.15) is 41.0 Å². The number of nitrogens with one attached hydrogen (secondary N) is 1. The Morgan fingerprint density at radius 1 is 1.03 bits per heavy atom. The summed E-state index contributed by atoms with van der Waals surface area (Å²) in [5, 5.41) is 2.57. The van der Waals surface area contributed by atoms with E-state index in [0.29, 0.717) is 23.4 Å². The third-order valence-electron chi connectivity index (χ3n) is 6.12. The number of fused-ring (bicyclic) bond motifs is 1. The minimum atomic E-state index is -0.718. The molecule has 0 radical (unpaired) electrons. The Hall–Kier alpha value is -4.07. The predicted molar refractivity (Wildman–Crippen MR) is 124 cm³/mol. The number of imide groups is 1. The van der Waals surface area contributed by atoms with Gasteiger partial charge in [0.1, 0.15) is 0 Å². The number of anilines is 2. The Kier molecular flexibility index (Phi) is 6.40. The van der Waals surface area contributed by atoms with Gasteiger partial charge in [0.2, 0.25) is 11.8 Å². The smallest absolute Gasteiger partial charge is 0.338 e. The molecule has 34 heavy (non-hydrogen) atoms. The molecule has 2 aromatic rings. The molecule has 3 amide bonds. The number of amides is 3. The molecule has 1 heterocycles. The molecular formula is C26H24N2O6. The van der Waals surface area contributed by atoms with Crippen LogP contribution < -0.4 is 10.2 Å². The summed E-state index contributed by atoms with van der Waals surface area (Å²) in [5.74, 6) is -2.59. The molecule has 2 aliphatic rings. The van der Waals surface area contributed by atoms with E-state index in [2.05, 4.69) is 5.32 Å². The first-order valence-electron chi connectivity index (χ1n) is 11.0. The van der Waals surface area contributed by atoms with Gasteiger partial charge >= 0.3 is 5.97 Å². The summed E-state index contributed by atoms with van der Waals surface area (Å²) < 4.78 is 5.06. The highest BCUT2D eigenvalue weighted by Gasteiger charge is 2.50. The molecule has 1 aliphatic carbocycles. The van der Waals surface area contributed by atoms with Crippen LogP contribution in [0.2, 0.25) is 0 Å². The fourth-order valence-corrected chi connectivity index (χ4v) is 4.38. The molecular weight excluding hydrogens is 436 g/mol. The zero-order valence-electron chi connectivity index (χ0n) is 18.8. The zero-order valence-corrected chi connectivity index (χ0v) is 18.8. The SMILES string of the molecule is CC(=O)c1cccc(NC(=O)COC(=O)c2ccc(N3C(=O)[C@H]4[C@H](C)C=CC[C@H]4C3=O)cc2)c1. The van der Waals surface area contributed by atoms with Gasteiger partial charge in [-0.05, 0) is 55.7 Å². The van der Waals surface area contributed by atoms with Gasteiger partial charge in [-0.2, -0.15) is 0 Å². The normalized spacial score (nSPS) is 21.2. The standard InChI is InChI=1S/C26H24N2O6/c1-15-5-3-8-21-23(15)25(32)28(24(21)31)20-11-9-17(10-12-20)26(33)34-14-22(30)27-19-7-4-6-18(13-19)16(2)29/h3-7,9-13,15,21,23H,8,14H2,1-2H3,(H,27,30)/t15-,21-,23+/m1/s1. The lowest BCUT2D eigenvalue weighted by Crippen LogP contribution is -2.31. The first-order valence-corrected chi connectivity index (χ1v) is 11.0. The second kappa shape index (κ2) is 9.43. The Bertz CT molecular complexity index is 1200. The number of allylic oxidation sites excluding steroid dienone is 2. The number of hydrogen-bond donors (Lipinski definition) is 1. The fraction of sp³-hybridized carbons (Fsp3) is 0.269. The van der Waals surface area contributed by atoms with Gasteiger partial charge in [0.25, 0.3) is 5.91 Å². The zero-order chi connectivity index (χ0) is 24.4. The highest BCUT2D eigenvalue weighted by atomic mass is 16.5. The van der Waals surface area contributed by atoms with Crippen LogP contribution >= 0.6 is 0 Å². The molecule has 8 nitrogen and oxygen atoms in total. The first kappa shape index (κ1) is 23.1. The number of rotatable bonds is 6. The third-order valence-corrected chi connectivity index (χ3v) is 6.12. The molecule has 2 aromatic carbocycles. The van der Waals surface area contributed by atoms with E-state index < -0.39 is 18.5 Å². The number of carbonyl (C=O) groups is 5. The quantitative estimate of drug-likeness (QED) is 0.306. The minimum Gasteiger partial charge on any atom is -0.452 e. The summed E-state index contributed by atoms with van der Waals surface area (Å²) in [7, 11) is 0. The number of esters is 1. The number of Topliss-reactive ketones (excluding diaryl/α,β-unsaturated/α-hetero) is 1. The second-order valence-corrected chi connectivity index (χ2v) is 8.48. The van der Waals surface area contributed by atoms with E-state index in [1.54, 1.807) is 18.2 Å². The van der Waals surface area contributed by atoms with Gasteiger partial charge in [0.05, 0.1) is 23.1 Å². The predicted octanol–water partition coefficient (Wildman–Crippen LogP) is 3.39. The molecule has 1 fully saturated rings. The number of carbonyl (C=O) groups excluding carboxylic acids is 5. The molecule has 3 atom stereocenters. The van der Waals surface area contributed by atoms with Crippen molar-refractivity contribution in [1.82, 2.24) is 0 Å². The summed E-state index contributed by atoms with van der Waals surface area (Å²) >= 11 is 0. The van der Waals surface area contributed by atoms with Gasteiger partial charge in [0.15, 0.2) is 12.4 Å². The maximum atomic E-state index is 12.9. The van der Waals surface area contributed by atoms with Crippen LogP contribution in [-0.2, 0) is 19.1 Å². The third kappa shape index (κ3) is 4.52. The number of ether oxygens (including phenoxy) is 1. The van der Waals surface area contributed by atoms with E-state index in [9.17, 15) is 24.0 Å².